The number of likely N-dealkylation sites (tertiary alicyclic amines) is 1. The van der Waals surface area contributed by atoms with Crippen LogP contribution in [0.4, 0.5) is 4.79 Å². The van der Waals surface area contributed by atoms with E-state index in [1.165, 1.54) is 24.2 Å². The fraction of sp³-hybridized carbons (Fsp3) is 0.500. The van der Waals surface area contributed by atoms with Crippen LogP contribution < -0.4 is 10.1 Å². The molecule has 1 aliphatic heterocycles. The molecular weight excluding hydrogens is 346 g/mol. The second-order valence-corrected chi connectivity index (χ2v) is 7.53. The molecule has 2 aliphatic rings. The summed E-state index contributed by atoms with van der Waals surface area (Å²) in [5.74, 6) is 1.30. The Kier molecular flexibility index (Phi) is 4.92. The predicted molar refractivity (Wildman–Crippen MR) is 101 cm³/mol. The van der Waals surface area contributed by atoms with Crippen LogP contribution in [0.2, 0.25) is 0 Å². The van der Waals surface area contributed by atoms with Crippen molar-refractivity contribution in [3.63, 3.8) is 0 Å². The number of fused-ring (bicyclic) bond motifs is 1. The number of hydrogen-bond donors (Lipinski definition) is 3. The van der Waals surface area contributed by atoms with E-state index in [2.05, 4.69) is 10.3 Å². The molecule has 7 nitrogen and oxygen atoms in total. The Hall–Kier alpha value is -2.70. The maximum Gasteiger partial charge on any atom is 0.407 e. The van der Waals surface area contributed by atoms with Gasteiger partial charge in [0.2, 0.25) is 0 Å². The van der Waals surface area contributed by atoms with Crippen LogP contribution in [0.1, 0.15) is 42.6 Å². The fourth-order valence-corrected chi connectivity index (χ4v) is 3.72. The van der Waals surface area contributed by atoms with Gasteiger partial charge >= 0.3 is 6.09 Å². The number of carbonyl (C=O) groups excluding carboxylic acids is 1. The molecule has 1 saturated heterocycles. The van der Waals surface area contributed by atoms with Crippen molar-refractivity contribution < 1.29 is 19.4 Å². The van der Waals surface area contributed by atoms with E-state index in [1.54, 1.807) is 0 Å². The number of hydrogen-bond acceptors (Lipinski definition) is 3. The molecule has 2 heterocycles. The summed E-state index contributed by atoms with van der Waals surface area (Å²) in [5.41, 5.74) is 1.39. The van der Waals surface area contributed by atoms with Gasteiger partial charge in [-0.2, -0.15) is 0 Å². The summed E-state index contributed by atoms with van der Waals surface area (Å²) in [6, 6.07) is 7.64. The summed E-state index contributed by atoms with van der Waals surface area (Å²) in [7, 11) is 0. The first-order valence-electron chi connectivity index (χ1n) is 9.63. The van der Waals surface area contributed by atoms with Gasteiger partial charge in [-0.05, 0) is 49.8 Å². The van der Waals surface area contributed by atoms with E-state index in [9.17, 15) is 9.59 Å². The number of carbonyl (C=O) groups is 2. The zero-order valence-electron chi connectivity index (χ0n) is 15.2. The standard InChI is InChI=1S/C20H25N3O4/c24-19(21-14-7-9-23(10-8-14)20(25)26)17-11-15-16(22-17)5-2-6-18(15)27-12-13-3-1-4-13/h2,5-6,11,13-14,22H,1,3-4,7-10,12H2,(H,21,24)(H,25,26). The Bertz CT molecular complexity index is 835. The van der Waals surface area contributed by atoms with Crippen molar-refractivity contribution in [2.24, 2.45) is 5.92 Å². The minimum Gasteiger partial charge on any atom is -0.493 e. The van der Waals surface area contributed by atoms with E-state index >= 15 is 0 Å². The Labute approximate surface area is 157 Å². The first-order chi connectivity index (χ1) is 13.1. The average molecular weight is 371 g/mol. The highest BCUT2D eigenvalue weighted by Gasteiger charge is 2.24. The van der Waals surface area contributed by atoms with E-state index in [1.807, 2.05) is 24.3 Å². The molecule has 7 heteroatoms. The molecule has 0 unspecified atom stereocenters. The number of carboxylic acid groups (broad SMARTS) is 1. The minimum atomic E-state index is -0.898. The Morgan fingerprint density at radius 1 is 1.22 bits per heavy atom. The van der Waals surface area contributed by atoms with Gasteiger partial charge in [0.15, 0.2) is 0 Å². The van der Waals surface area contributed by atoms with Gasteiger partial charge in [-0.3, -0.25) is 4.79 Å². The molecule has 1 saturated carbocycles. The van der Waals surface area contributed by atoms with Crippen molar-refractivity contribution in [1.29, 1.82) is 0 Å². The van der Waals surface area contributed by atoms with Crippen molar-refractivity contribution in [3.8, 4) is 5.75 Å². The smallest absolute Gasteiger partial charge is 0.407 e. The van der Waals surface area contributed by atoms with E-state index in [4.69, 9.17) is 9.84 Å². The third-order valence-corrected chi connectivity index (χ3v) is 5.67. The van der Waals surface area contributed by atoms with Crippen LogP contribution in [0.3, 0.4) is 0 Å². The molecule has 144 valence electrons. The van der Waals surface area contributed by atoms with Gasteiger partial charge in [0.25, 0.3) is 5.91 Å². The summed E-state index contributed by atoms with van der Waals surface area (Å²) in [4.78, 5) is 28.2. The summed E-state index contributed by atoms with van der Waals surface area (Å²) >= 11 is 0. The van der Waals surface area contributed by atoms with Gasteiger partial charge in [-0.25, -0.2) is 4.79 Å². The molecule has 0 spiro atoms. The lowest BCUT2D eigenvalue weighted by atomic mass is 9.86. The Morgan fingerprint density at radius 3 is 2.67 bits per heavy atom. The molecule has 1 aliphatic carbocycles. The number of piperidine rings is 1. The van der Waals surface area contributed by atoms with Crippen molar-refractivity contribution in [1.82, 2.24) is 15.2 Å². The van der Waals surface area contributed by atoms with E-state index < -0.39 is 6.09 Å². The van der Waals surface area contributed by atoms with E-state index in [0.29, 0.717) is 37.5 Å². The number of aromatic amines is 1. The summed E-state index contributed by atoms with van der Waals surface area (Å²) in [5, 5.41) is 12.9. The van der Waals surface area contributed by atoms with Crippen LogP contribution in [0.15, 0.2) is 24.3 Å². The molecule has 2 aromatic rings. The third kappa shape index (κ3) is 3.86. The summed E-state index contributed by atoms with van der Waals surface area (Å²) < 4.78 is 5.99. The van der Waals surface area contributed by atoms with Gasteiger partial charge in [0.05, 0.1) is 6.61 Å². The highest BCUT2D eigenvalue weighted by molar-refractivity contribution is 5.99. The second-order valence-electron chi connectivity index (χ2n) is 7.53. The molecule has 0 atom stereocenters. The molecule has 4 rings (SSSR count). The monoisotopic (exact) mass is 371 g/mol. The Morgan fingerprint density at radius 2 is 2.00 bits per heavy atom. The van der Waals surface area contributed by atoms with Crippen LogP contribution in [0.5, 0.6) is 5.75 Å². The van der Waals surface area contributed by atoms with Crippen molar-refractivity contribution >= 4 is 22.9 Å². The molecule has 2 amide bonds. The first kappa shape index (κ1) is 17.7. The van der Waals surface area contributed by atoms with E-state index in [0.717, 1.165) is 23.3 Å². The van der Waals surface area contributed by atoms with Gasteiger partial charge in [-0.15, -0.1) is 0 Å². The Balaban J connectivity index is 1.41. The number of benzene rings is 1. The molecule has 27 heavy (non-hydrogen) atoms. The molecule has 3 N–H and O–H groups in total. The van der Waals surface area contributed by atoms with Gasteiger partial charge in [-0.1, -0.05) is 12.5 Å². The van der Waals surface area contributed by atoms with Crippen LogP contribution in [0, 0.1) is 5.92 Å². The quantitative estimate of drug-likeness (QED) is 0.752. The lowest BCUT2D eigenvalue weighted by Gasteiger charge is -2.30. The molecule has 2 fully saturated rings. The second kappa shape index (κ2) is 7.50. The highest BCUT2D eigenvalue weighted by atomic mass is 16.5. The number of nitrogens with one attached hydrogen (secondary N) is 2. The maximum atomic E-state index is 12.6. The lowest BCUT2D eigenvalue weighted by Crippen LogP contribution is -2.46. The lowest BCUT2D eigenvalue weighted by molar-refractivity contribution is 0.0903. The van der Waals surface area contributed by atoms with Gasteiger partial charge in [0.1, 0.15) is 11.4 Å². The SMILES string of the molecule is O=C(NC1CCN(C(=O)O)CC1)c1cc2c(OCC3CCC3)cccc2[nH]1. The number of amides is 2. The molecule has 1 aromatic heterocycles. The van der Waals surface area contributed by atoms with Crippen LogP contribution in [-0.4, -0.2) is 52.7 Å². The minimum absolute atomic E-state index is 0.00570. The first-order valence-corrected chi connectivity index (χ1v) is 9.63. The number of rotatable bonds is 5. The number of nitrogens with zero attached hydrogens (tertiary/aromatic N) is 1. The number of ether oxygens (including phenoxy) is 1. The zero-order chi connectivity index (χ0) is 18.8. The molecule has 0 bridgehead atoms. The normalized spacial score (nSPS) is 18.3. The summed E-state index contributed by atoms with van der Waals surface area (Å²) in [6.07, 6.45) is 4.12. The van der Waals surface area contributed by atoms with Crippen molar-refractivity contribution in [2.45, 2.75) is 38.1 Å². The zero-order valence-corrected chi connectivity index (χ0v) is 15.2. The molecule has 1 aromatic carbocycles. The summed E-state index contributed by atoms with van der Waals surface area (Å²) in [6.45, 7) is 1.63. The van der Waals surface area contributed by atoms with E-state index in [-0.39, 0.29) is 11.9 Å². The van der Waals surface area contributed by atoms with Gasteiger partial charge in [0, 0.05) is 30.0 Å². The maximum absolute atomic E-state index is 12.6. The highest BCUT2D eigenvalue weighted by Crippen LogP contribution is 2.30. The van der Waals surface area contributed by atoms with Crippen LogP contribution in [0.25, 0.3) is 10.9 Å². The van der Waals surface area contributed by atoms with Crippen molar-refractivity contribution in [3.05, 3.63) is 30.0 Å². The van der Waals surface area contributed by atoms with Gasteiger partial charge < -0.3 is 25.0 Å². The molecule has 0 radical (unpaired) electrons. The largest absolute Gasteiger partial charge is 0.493 e. The average Bonchev–Trinajstić information content (AvgIpc) is 3.06. The number of aromatic nitrogens is 1. The number of H-pyrrole nitrogens is 1. The van der Waals surface area contributed by atoms with Crippen molar-refractivity contribution in [2.75, 3.05) is 19.7 Å². The topological polar surface area (TPSA) is 94.7 Å². The predicted octanol–water partition coefficient (Wildman–Crippen LogP) is 3.22. The van der Waals surface area contributed by atoms with Crippen LogP contribution in [-0.2, 0) is 0 Å². The fourth-order valence-electron chi connectivity index (χ4n) is 3.72. The third-order valence-electron chi connectivity index (χ3n) is 5.67. The van der Waals surface area contributed by atoms with Crippen LogP contribution >= 0.6 is 0 Å². The molecular formula is C20H25N3O4.